The number of aromatic nitrogens is 5. The van der Waals surface area contributed by atoms with Crippen LogP contribution in [0.1, 0.15) is 29.3 Å². The van der Waals surface area contributed by atoms with Gasteiger partial charge in [0.05, 0.1) is 21.5 Å². The zero-order valence-corrected chi connectivity index (χ0v) is 16.0. The third-order valence-electron chi connectivity index (χ3n) is 4.83. The van der Waals surface area contributed by atoms with Crippen LogP contribution in [0.4, 0.5) is 0 Å². The maximum Gasteiger partial charge on any atom is 0.275 e. The number of amides is 1. The first-order chi connectivity index (χ1) is 13.1. The van der Waals surface area contributed by atoms with Gasteiger partial charge in [-0.25, -0.2) is 4.52 Å². The van der Waals surface area contributed by atoms with Crippen LogP contribution < -0.4 is 0 Å². The molecule has 1 aliphatic rings. The van der Waals surface area contributed by atoms with Gasteiger partial charge in [0.2, 0.25) is 0 Å². The molecule has 0 bridgehead atoms. The van der Waals surface area contributed by atoms with Gasteiger partial charge in [0.1, 0.15) is 0 Å². The summed E-state index contributed by atoms with van der Waals surface area (Å²) in [5, 5.41) is 15.7. The molecule has 1 unspecified atom stereocenters. The second-order valence-corrected chi connectivity index (χ2v) is 7.82. The normalized spacial score (nSPS) is 16.7. The van der Waals surface area contributed by atoms with Crippen molar-refractivity contribution in [1.29, 1.82) is 0 Å². The summed E-state index contributed by atoms with van der Waals surface area (Å²) in [7, 11) is 0. The highest BCUT2D eigenvalue weighted by Gasteiger charge is 2.33. The molecule has 0 spiro atoms. The maximum atomic E-state index is 13.1. The van der Waals surface area contributed by atoms with E-state index in [4.69, 9.17) is 11.6 Å². The molecular formula is C18H15ClN6OS. The van der Waals surface area contributed by atoms with E-state index in [9.17, 15) is 4.79 Å². The fourth-order valence-electron chi connectivity index (χ4n) is 3.46. The summed E-state index contributed by atoms with van der Waals surface area (Å²) < 4.78 is 3.73. The summed E-state index contributed by atoms with van der Waals surface area (Å²) in [6.45, 7) is 3.21. The van der Waals surface area contributed by atoms with E-state index in [1.807, 2.05) is 30.5 Å². The third kappa shape index (κ3) is 2.64. The minimum absolute atomic E-state index is 0.116. The van der Waals surface area contributed by atoms with Crippen molar-refractivity contribution in [3.63, 3.8) is 0 Å². The number of nitrogens with zero attached hydrogens (tertiary/aromatic N) is 6. The molecular weight excluding hydrogens is 384 g/mol. The Labute approximate surface area is 163 Å². The Hall–Kier alpha value is -2.71. The summed E-state index contributed by atoms with van der Waals surface area (Å²) in [6, 6.07) is 9.26. The molecule has 0 aromatic carbocycles. The van der Waals surface area contributed by atoms with E-state index in [-0.39, 0.29) is 11.9 Å². The molecule has 1 atom stereocenters. The Morgan fingerprint density at radius 3 is 2.96 bits per heavy atom. The average Bonchev–Trinajstić information content (AvgIpc) is 3.39. The first-order valence-corrected chi connectivity index (χ1v) is 9.80. The Morgan fingerprint density at radius 2 is 2.15 bits per heavy atom. The maximum absolute atomic E-state index is 13.1. The van der Waals surface area contributed by atoms with Crippen molar-refractivity contribution in [3.8, 4) is 10.7 Å². The molecule has 0 radical (unpaired) electrons. The van der Waals surface area contributed by atoms with Gasteiger partial charge in [0.25, 0.3) is 5.91 Å². The molecule has 27 heavy (non-hydrogen) atoms. The number of rotatable bonds is 2. The molecule has 136 valence electrons. The van der Waals surface area contributed by atoms with Crippen LogP contribution in [0, 0.1) is 0 Å². The summed E-state index contributed by atoms with van der Waals surface area (Å²) in [5.41, 5.74) is 1.23. The van der Waals surface area contributed by atoms with Crippen LogP contribution in [-0.2, 0) is 6.54 Å². The average molecular weight is 399 g/mol. The van der Waals surface area contributed by atoms with Gasteiger partial charge in [-0.2, -0.15) is 5.10 Å². The lowest BCUT2D eigenvalue weighted by Gasteiger charge is -2.33. The van der Waals surface area contributed by atoms with E-state index in [1.165, 1.54) is 0 Å². The van der Waals surface area contributed by atoms with Gasteiger partial charge in [0, 0.05) is 19.3 Å². The van der Waals surface area contributed by atoms with Crippen molar-refractivity contribution in [2.24, 2.45) is 0 Å². The number of pyridine rings is 1. The number of halogens is 1. The number of hydrogen-bond acceptors (Lipinski definition) is 5. The van der Waals surface area contributed by atoms with Crippen LogP contribution in [0.15, 0.2) is 41.9 Å². The minimum Gasteiger partial charge on any atom is -0.325 e. The van der Waals surface area contributed by atoms with Crippen LogP contribution in [0.25, 0.3) is 16.2 Å². The molecule has 0 N–H and O–H groups in total. The van der Waals surface area contributed by atoms with Gasteiger partial charge in [-0.05, 0) is 36.6 Å². The molecule has 9 heteroatoms. The minimum atomic E-state index is -0.180. The highest BCUT2D eigenvalue weighted by Crippen LogP contribution is 2.31. The Kier molecular flexibility index (Phi) is 3.76. The van der Waals surface area contributed by atoms with Crippen molar-refractivity contribution >= 4 is 34.4 Å². The zero-order valence-electron chi connectivity index (χ0n) is 14.4. The standard InChI is InChI=1S/C18H15ClN6OS/c1-11-16-20-21-17(15-3-2-8-27-15)24(16)7-6-23(11)18(26)14-9-13-5-4-12(19)10-25(13)22-14/h2-5,8-11H,6-7H2,1H3. The lowest BCUT2D eigenvalue weighted by atomic mass is 10.2. The summed E-state index contributed by atoms with van der Waals surface area (Å²) >= 11 is 7.64. The van der Waals surface area contributed by atoms with Crippen molar-refractivity contribution < 1.29 is 4.79 Å². The lowest BCUT2D eigenvalue weighted by molar-refractivity contribution is 0.0632. The number of carbonyl (C=O) groups is 1. The first kappa shape index (κ1) is 16.5. The van der Waals surface area contributed by atoms with Crippen LogP contribution >= 0.6 is 22.9 Å². The van der Waals surface area contributed by atoms with E-state index in [2.05, 4.69) is 19.9 Å². The van der Waals surface area contributed by atoms with E-state index in [0.717, 1.165) is 22.0 Å². The lowest BCUT2D eigenvalue weighted by Crippen LogP contribution is -2.41. The Morgan fingerprint density at radius 1 is 1.26 bits per heavy atom. The van der Waals surface area contributed by atoms with E-state index >= 15 is 0 Å². The molecule has 4 aromatic heterocycles. The van der Waals surface area contributed by atoms with Crippen molar-refractivity contribution in [2.75, 3.05) is 6.54 Å². The zero-order chi connectivity index (χ0) is 18.5. The monoisotopic (exact) mass is 398 g/mol. The predicted octanol–water partition coefficient (Wildman–Crippen LogP) is 3.52. The Balaban J connectivity index is 1.47. The smallest absolute Gasteiger partial charge is 0.275 e. The molecule has 0 saturated carbocycles. The largest absolute Gasteiger partial charge is 0.325 e. The van der Waals surface area contributed by atoms with Crippen molar-refractivity contribution in [2.45, 2.75) is 19.5 Å². The third-order valence-corrected chi connectivity index (χ3v) is 5.92. The van der Waals surface area contributed by atoms with Crippen LogP contribution in [0.2, 0.25) is 5.02 Å². The number of fused-ring (bicyclic) bond motifs is 2. The van der Waals surface area contributed by atoms with Crippen LogP contribution in [0.3, 0.4) is 0 Å². The molecule has 0 aliphatic carbocycles. The van der Waals surface area contributed by atoms with E-state index < -0.39 is 0 Å². The van der Waals surface area contributed by atoms with E-state index in [1.54, 1.807) is 39.1 Å². The first-order valence-electron chi connectivity index (χ1n) is 8.55. The molecule has 5 heterocycles. The van der Waals surface area contributed by atoms with Gasteiger partial charge in [0.15, 0.2) is 17.3 Å². The van der Waals surface area contributed by atoms with Crippen molar-refractivity contribution in [3.05, 3.63) is 58.4 Å². The predicted molar refractivity (Wildman–Crippen MR) is 103 cm³/mol. The molecule has 0 saturated heterocycles. The Bertz CT molecular complexity index is 1150. The van der Waals surface area contributed by atoms with Crippen molar-refractivity contribution in [1.82, 2.24) is 29.3 Å². The van der Waals surface area contributed by atoms with Gasteiger partial charge in [-0.1, -0.05) is 17.7 Å². The molecule has 5 rings (SSSR count). The summed E-state index contributed by atoms with van der Waals surface area (Å²) in [5.74, 6) is 1.54. The molecule has 1 amide bonds. The molecule has 4 aromatic rings. The molecule has 0 fully saturated rings. The van der Waals surface area contributed by atoms with Gasteiger partial charge >= 0.3 is 0 Å². The van der Waals surface area contributed by atoms with Crippen LogP contribution in [-0.4, -0.2) is 41.7 Å². The number of hydrogen-bond donors (Lipinski definition) is 0. The highest BCUT2D eigenvalue weighted by molar-refractivity contribution is 7.13. The summed E-state index contributed by atoms with van der Waals surface area (Å²) in [4.78, 5) is 16.0. The SMILES string of the molecule is CC1c2nnc(-c3cccs3)n2CCN1C(=O)c1cc2ccc(Cl)cn2n1. The number of thiophene rings is 1. The second-order valence-electron chi connectivity index (χ2n) is 6.43. The second kappa shape index (κ2) is 6.17. The quantitative estimate of drug-likeness (QED) is 0.518. The fraction of sp³-hybridized carbons (Fsp3) is 0.222. The topological polar surface area (TPSA) is 68.3 Å². The number of carbonyl (C=O) groups excluding carboxylic acids is 1. The molecule has 1 aliphatic heterocycles. The molecule has 7 nitrogen and oxygen atoms in total. The van der Waals surface area contributed by atoms with Gasteiger partial charge in [-0.15, -0.1) is 21.5 Å². The fourth-order valence-corrected chi connectivity index (χ4v) is 4.34. The van der Waals surface area contributed by atoms with Gasteiger partial charge in [-0.3, -0.25) is 4.79 Å². The summed E-state index contributed by atoms with van der Waals surface area (Å²) in [6.07, 6.45) is 1.69. The van der Waals surface area contributed by atoms with E-state index in [0.29, 0.717) is 23.8 Å². The highest BCUT2D eigenvalue weighted by atomic mass is 35.5. The van der Waals surface area contributed by atoms with Crippen LogP contribution in [0.5, 0.6) is 0 Å². The van der Waals surface area contributed by atoms with Gasteiger partial charge < -0.3 is 9.47 Å².